The Morgan fingerprint density at radius 2 is 1.87 bits per heavy atom. The Morgan fingerprint density at radius 3 is 2.57 bits per heavy atom. The maximum atomic E-state index is 12.6. The van der Waals surface area contributed by atoms with Crippen LogP contribution in [0.25, 0.3) is 0 Å². The highest BCUT2D eigenvalue weighted by atomic mass is 32.2. The molecule has 0 N–H and O–H groups in total. The third-order valence-electron chi connectivity index (χ3n) is 5.68. The maximum absolute atomic E-state index is 12.6. The first-order valence-corrected chi connectivity index (χ1v) is 11.4. The van der Waals surface area contributed by atoms with Crippen molar-refractivity contribution in [3.05, 3.63) is 29.8 Å². The monoisotopic (exact) mass is 432 g/mol. The van der Waals surface area contributed by atoms with E-state index in [1.165, 1.54) is 18.2 Å². The van der Waals surface area contributed by atoms with Gasteiger partial charge >= 0.3 is 5.97 Å². The van der Waals surface area contributed by atoms with Gasteiger partial charge in [-0.15, -0.1) is 11.8 Å². The molecule has 3 rings (SSSR count). The van der Waals surface area contributed by atoms with E-state index in [4.69, 9.17) is 4.74 Å². The smallest absolute Gasteiger partial charge is 0.339 e. The lowest BCUT2D eigenvalue weighted by molar-refractivity contribution is -0.144. The highest BCUT2D eigenvalue weighted by molar-refractivity contribution is 8.00. The zero-order chi connectivity index (χ0) is 21.5. The van der Waals surface area contributed by atoms with Gasteiger partial charge in [-0.3, -0.25) is 19.3 Å². The molecule has 1 aliphatic heterocycles. The average Bonchev–Trinajstić information content (AvgIpc) is 3.21. The quantitative estimate of drug-likeness (QED) is 0.487. The molecule has 162 valence electrons. The van der Waals surface area contributed by atoms with Crippen LogP contribution < -0.4 is 0 Å². The van der Waals surface area contributed by atoms with E-state index in [1.54, 1.807) is 24.3 Å². The lowest BCUT2D eigenvalue weighted by Gasteiger charge is -2.31. The summed E-state index contributed by atoms with van der Waals surface area (Å²) in [6.45, 7) is -0.0921. The average molecular weight is 433 g/mol. The van der Waals surface area contributed by atoms with Crippen LogP contribution in [0.5, 0.6) is 0 Å². The number of nitrogens with zero attached hydrogens (tertiary/aromatic N) is 2. The van der Waals surface area contributed by atoms with Crippen LogP contribution in [-0.2, 0) is 19.1 Å². The standard InChI is InChI=1S/C22H28N2O5S/c1-23(16-8-3-2-4-9-16)21(27)15-30-18-11-6-5-10-17(18)22(28)29-14-20(26)24-13-7-12-19(24)25/h5-6,10-11,16H,2-4,7-9,12-15H2,1H3. The molecule has 1 heterocycles. The molecule has 3 amide bonds. The van der Waals surface area contributed by atoms with Crippen LogP contribution in [-0.4, -0.2) is 65.5 Å². The molecule has 1 saturated heterocycles. The minimum Gasteiger partial charge on any atom is -0.452 e. The first-order valence-electron chi connectivity index (χ1n) is 10.4. The number of benzene rings is 1. The molecule has 1 aromatic carbocycles. The summed E-state index contributed by atoms with van der Waals surface area (Å²) >= 11 is 1.29. The molecule has 1 aromatic rings. The zero-order valence-corrected chi connectivity index (χ0v) is 18.1. The van der Waals surface area contributed by atoms with Gasteiger partial charge < -0.3 is 9.64 Å². The fourth-order valence-corrected chi connectivity index (χ4v) is 4.83. The molecular formula is C22H28N2O5S. The Labute approximate surface area is 181 Å². The largest absolute Gasteiger partial charge is 0.452 e. The van der Waals surface area contributed by atoms with E-state index in [0.717, 1.165) is 30.6 Å². The number of esters is 1. The molecule has 0 unspecified atom stereocenters. The Bertz CT molecular complexity index is 806. The Balaban J connectivity index is 1.54. The van der Waals surface area contributed by atoms with Crippen LogP contribution in [0, 0.1) is 0 Å². The molecule has 30 heavy (non-hydrogen) atoms. The lowest BCUT2D eigenvalue weighted by atomic mass is 9.94. The van der Waals surface area contributed by atoms with Crippen molar-refractivity contribution in [3.8, 4) is 0 Å². The van der Waals surface area contributed by atoms with Gasteiger partial charge in [0.05, 0.1) is 11.3 Å². The third-order valence-corrected chi connectivity index (χ3v) is 6.73. The van der Waals surface area contributed by atoms with Crippen molar-refractivity contribution in [3.63, 3.8) is 0 Å². The van der Waals surface area contributed by atoms with Crippen LogP contribution in [0.15, 0.2) is 29.2 Å². The zero-order valence-electron chi connectivity index (χ0n) is 17.3. The van der Waals surface area contributed by atoms with Crippen molar-refractivity contribution in [2.45, 2.75) is 55.9 Å². The fourth-order valence-electron chi connectivity index (χ4n) is 3.87. The molecule has 0 bridgehead atoms. The maximum Gasteiger partial charge on any atom is 0.339 e. The second-order valence-corrected chi connectivity index (χ2v) is 8.72. The van der Waals surface area contributed by atoms with Crippen molar-refractivity contribution in [2.75, 3.05) is 26.0 Å². The molecule has 0 atom stereocenters. The Morgan fingerprint density at radius 1 is 1.13 bits per heavy atom. The number of rotatable bonds is 7. The van der Waals surface area contributed by atoms with Crippen LogP contribution in [0.4, 0.5) is 0 Å². The number of ether oxygens (including phenoxy) is 1. The fraction of sp³-hybridized carbons (Fsp3) is 0.545. The number of hydrogen-bond acceptors (Lipinski definition) is 6. The first-order chi connectivity index (χ1) is 14.5. The summed E-state index contributed by atoms with van der Waals surface area (Å²) in [6, 6.07) is 7.18. The van der Waals surface area contributed by atoms with E-state index in [0.29, 0.717) is 35.9 Å². The van der Waals surface area contributed by atoms with Gasteiger partial charge in [-0.25, -0.2) is 4.79 Å². The van der Waals surface area contributed by atoms with Crippen molar-refractivity contribution < 1.29 is 23.9 Å². The third kappa shape index (κ3) is 5.62. The summed E-state index contributed by atoms with van der Waals surface area (Å²) in [5, 5.41) is 0. The molecule has 0 spiro atoms. The molecule has 1 aliphatic carbocycles. The van der Waals surface area contributed by atoms with Gasteiger partial charge in [-0.05, 0) is 31.4 Å². The van der Waals surface area contributed by atoms with Crippen molar-refractivity contribution in [2.24, 2.45) is 0 Å². The van der Waals surface area contributed by atoms with E-state index in [1.807, 2.05) is 11.9 Å². The molecular weight excluding hydrogens is 404 g/mol. The number of hydrogen-bond donors (Lipinski definition) is 0. The molecule has 8 heteroatoms. The predicted octanol–water partition coefficient (Wildman–Crippen LogP) is 2.88. The summed E-state index contributed by atoms with van der Waals surface area (Å²) in [5.74, 6) is -1.09. The summed E-state index contributed by atoms with van der Waals surface area (Å²) in [7, 11) is 1.85. The highest BCUT2D eigenvalue weighted by Crippen LogP contribution is 2.26. The second-order valence-electron chi connectivity index (χ2n) is 7.70. The second kappa shape index (κ2) is 10.6. The molecule has 1 saturated carbocycles. The van der Waals surface area contributed by atoms with E-state index in [2.05, 4.69) is 0 Å². The van der Waals surface area contributed by atoms with Gasteiger partial charge in [0, 0.05) is 31.0 Å². The summed E-state index contributed by atoms with van der Waals surface area (Å²) in [4.78, 5) is 52.4. The Hall–Kier alpha value is -2.35. The van der Waals surface area contributed by atoms with Crippen LogP contribution in [0.1, 0.15) is 55.3 Å². The van der Waals surface area contributed by atoms with E-state index in [9.17, 15) is 19.2 Å². The molecule has 0 aromatic heterocycles. The Kier molecular flexibility index (Phi) is 7.90. The van der Waals surface area contributed by atoms with E-state index >= 15 is 0 Å². The number of carbonyl (C=O) groups excluding carboxylic acids is 4. The van der Waals surface area contributed by atoms with Crippen molar-refractivity contribution in [1.82, 2.24) is 9.80 Å². The predicted molar refractivity (Wildman–Crippen MR) is 113 cm³/mol. The molecule has 2 aliphatic rings. The lowest BCUT2D eigenvalue weighted by Crippen LogP contribution is -2.39. The normalized spacial score (nSPS) is 17.1. The number of thioether (sulfide) groups is 1. The summed E-state index contributed by atoms with van der Waals surface area (Å²) in [5.41, 5.74) is 0.316. The minimum absolute atomic E-state index is 0.0396. The highest BCUT2D eigenvalue weighted by Gasteiger charge is 2.27. The molecule has 0 radical (unpaired) electrons. The van der Waals surface area contributed by atoms with Crippen LogP contribution in [0.3, 0.4) is 0 Å². The van der Waals surface area contributed by atoms with E-state index < -0.39 is 18.5 Å². The minimum atomic E-state index is -0.633. The van der Waals surface area contributed by atoms with Gasteiger partial charge in [-0.2, -0.15) is 0 Å². The van der Waals surface area contributed by atoms with Gasteiger partial charge in [0.15, 0.2) is 6.61 Å². The van der Waals surface area contributed by atoms with Crippen molar-refractivity contribution >= 4 is 35.5 Å². The van der Waals surface area contributed by atoms with Crippen LogP contribution >= 0.6 is 11.8 Å². The molecule has 2 fully saturated rings. The van der Waals surface area contributed by atoms with Gasteiger partial charge in [0.25, 0.3) is 5.91 Å². The van der Waals surface area contributed by atoms with Crippen LogP contribution in [0.2, 0.25) is 0 Å². The summed E-state index contributed by atoms with van der Waals surface area (Å²) < 4.78 is 5.15. The molecule has 7 nitrogen and oxygen atoms in total. The van der Waals surface area contributed by atoms with Gasteiger partial charge in [-0.1, -0.05) is 31.4 Å². The van der Waals surface area contributed by atoms with Gasteiger partial charge in [0.1, 0.15) is 0 Å². The summed E-state index contributed by atoms with van der Waals surface area (Å²) in [6.07, 6.45) is 6.63. The topological polar surface area (TPSA) is 84.0 Å². The number of amides is 3. The number of imide groups is 1. The van der Waals surface area contributed by atoms with Crippen molar-refractivity contribution in [1.29, 1.82) is 0 Å². The van der Waals surface area contributed by atoms with Gasteiger partial charge in [0.2, 0.25) is 11.8 Å². The first kappa shape index (κ1) is 22.3. The SMILES string of the molecule is CN(C(=O)CSc1ccccc1C(=O)OCC(=O)N1CCCC1=O)C1CCCCC1. The number of likely N-dealkylation sites (tertiary alicyclic amines) is 1. The van der Waals surface area contributed by atoms with E-state index in [-0.39, 0.29) is 17.6 Å². The number of carbonyl (C=O) groups is 4.